The molecule has 1 aromatic rings. The fourth-order valence-corrected chi connectivity index (χ4v) is 3.09. The van der Waals surface area contributed by atoms with Gasteiger partial charge in [-0.3, -0.25) is 9.59 Å². The minimum atomic E-state index is -0.188. The normalized spacial score (nSPS) is 24.7. The van der Waals surface area contributed by atoms with Gasteiger partial charge < -0.3 is 15.6 Å². The minimum Gasteiger partial charge on any atom is -0.349 e. The van der Waals surface area contributed by atoms with Crippen molar-refractivity contribution in [2.75, 3.05) is 6.54 Å². The highest BCUT2D eigenvalue weighted by molar-refractivity contribution is 5.94. The first-order valence-electron chi connectivity index (χ1n) is 6.92. The van der Waals surface area contributed by atoms with E-state index in [9.17, 15) is 9.59 Å². The van der Waals surface area contributed by atoms with Crippen LogP contribution in [0.1, 0.15) is 42.5 Å². The summed E-state index contributed by atoms with van der Waals surface area (Å²) in [7, 11) is 0. The van der Waals surface area contributed by atoms with Crippen molar-refractivity contribution >= 4 is 5.91 Å². The van der Waals surface area contributed by atoms with Gasteiger partial charge in [0.2, 0.25) is 5.56 Å². The number of nitrogens with one attached hydrogen (secondary N) is 3. The summed E-state index contributed by atoms with van der Waals surface area (Å²) in [5.74, 6) is -0.0994. The van der Waals surface area contributed by atoms with Gasteiger partial charge in [-0.2, -0.15) is 0 Å². The second-order valence-corrected chi connectivity index (χ2v) is 5.67. The first-order valence-corrected chi connectivity index (χ1v) is 6.92. The number of pyridine rings is 1. The number of amides is 1. The van der Waals surface area contributed by atoms with Crippen LogP contribution < -0.4 is 16.2 Å². The fraction of sp³-hybridized carbons (Fsp3) is 0.571. The molecule has 2 fully saturated rings. The SMILES string of the molecule is O=C(NC1CCNC2(CCC2)C1)c1ccc(=O)[nH]c1. The van der Waals surface area contributed by atoms with Crippen LogP contribution in [0, 0.1) is 0 Å². The number of piperidine rings is 1. The molecule has 1 atom stereocenters. The van der Waals surface area contributed by atoms with Crippen LogP contribution in [0.5, 0.6) is 0 Å². The van der Waals surface area contributed by atoms with Crippen LogP contribution in [-0.4, -0.2) is 29.0 Å². The molecule has 2 aliphatic rings. The maximum Gasteiger partial charge on any atom is 0.252 e. The first-order chi connectivity index (χ1) is 9.17. The van der Waals surface area contributed by atoms with E-state index in [1.165, 1.54) is 31.5 Å². The maximum atomic E-state index is 12.1. The number of H-pyrrole nitrogens is 1. The summed E-state index contributed by atoms with van der Waals surface area (Å²) in [5.41, 5.74) is 0.605. The molecule has 1 saturated heterocycles. The molecular weight excluding hydrogens is 242 g/mol. The van der Waals surface area contributed by atoms with Crippen molar-refractivity contribution in [3.05, 3.63) is 34.2 Å². The second kappa shape index (κ2) is 4.81. The number of aromatic nitrogens is 1. The van der Waals surface area contributed by atoms with Gasteiger partial charge in [-0.25, -0.2) is 0 Å². The van der Waals surface area contributed by atoms with Crippen molar-refractivity contribution in [1.82, 2.24) is 15.6 Å². The van der Waals surface area contributed by atoms with E-state index in [0.29, 0.717) is 5.56 Å². The van der Waals surface area contributed by atoms with E-state index < -0.39 is 0 Å². The number of hydrogen-bond acceptors (Lipinski definition) is 3. The first kappa shape index (κ1) is 12.4. The van der Waals surface area contributed by atoms with Gasteiger partial charge in [-0.1, -0.05) is 0 Å². The molecule has 0 radical (unpaired) electrons. The van der Waals surface area contributed by atoms with Gasteiger partial charge in [0.25, 0.3) is 5.91 Å². The summed E-state index contributed by atoms with van der Waals surface area (Å²) in [5, 5.41) is 6.66. The zero-order chi connectivity index (χ0) is 13.3. The average molecular weight is 261 g/mol. The third-order valence-electron chi connectivity index (χ3n) is 4.32. The van der Waals surface area contributed by atoms with Gasteiger partial charge >= 0.3 is 0 Å². The van der Waals surface area contributed by atoms with Gasteiger partial charge in [0.05, 0.1) is 5.56 Å². The van der Waals surface area contributed by atoms with Crippen molar-refractivity contribution in [3.63, 3.8) is 0 Å². The number of carbonyl (C=O) groups is 1. The van der Waals surface area contributed by atoms with Crippen LogP contribution in [0.25, 0.3) is 0 Å². The van der Waals surface area contributed by atoms with Crippen molar-refractivity contribution in [1.29, 1.82) is 0 Å². The summed E-state index contributed by atoms with van der Waals surface area (Å²) in [6.07, 6.45) is 7.18. The van der Waals surface area contributed by atoms with Gasteiger partial charge in [0, 0.05) is 23.8 Å². The third-order valence-corrected chi connectivity index (χ3v) is 4.32. The van der Waals surface area contributed by atoms with Gasteiger partial charge in [-0.15, -0.1) is 0 Å². The highest BCUT2D eigenvalue weighted by Crippen LogP contribution is 2.38. The molecule has 1 aliphatic heterocycles. The predicted octanol–water partition coefficient (Wildman–Crippen LogP) is 0.779. The van der Waals surface area contributed by atoms with E-state index in [0.717, 1.165) is 19.4 Å². The molecule has 3 N–H and O–H groups in total. The summed E-state index contributed by atoms with van der Waals surface area (Å²) >= 11 is 0. The van der Waals surface area contributed by atoms with Crippen molar-refractivity contribution in [2.24, 2.45) is 0 Å². The van der Waals surface area contributed by atoms with Crippen LogP contribution in [0.15, 0.2) is 23.1 Å². The Labute approximate surface area is 111 Å². The lowest BCUT2D eigenvalue weighted by Gasteiger charge is -2.48. The second-order valence-electron chi connectivity index (χ2n) is 5.67. The molecular formula is C14H19N3O2. The van der Waals surface area contributed by atoms with Crippen LogP contribution in [-0.2, 0) is 0 Å². The smallest absolute Gasteiger partial charge is 0.252 e. The summed E-state index contributed by atoms with van der Waals surface area (Å²) in [6.45, 7) is 0.969. The summed E-state index contributed by atoms with van der Waals surface area (Å²) in [4.78, 5) is 25.6. The van der Waals surface area contributed by atoms with E-state index in [4.69, 9.17) is 0 Å². The van der Waals surface area contributed by atoms with Gasteiger partial charge in [-0.05, 0) is 44.7 Å². The molecule has 1 unspecified atom stereocenters. The lowest BCUT2D eigenvalue weighted by atomic mass is 9.70. The van der Waals surface area contributed by atoms with E-state index in [1.54, 1.807) is 6.07 Å². The Balaban J connectivity index is 1.62. The van der Waals surface area contributed by atoms with E-state index in [2.05, 4.69) is 15.6 Å². The Morgan fingerprint density at radius 2 is 2.21 bits per heavy atom. The summed E-state index contributed by atoms with van der Waals surface area (Å²) in [6, 6.07) is 3.18. The molecule has 5 nitrogen and oxygen atoms in total. The lowest BCUT2D eigenvalue weighted by molar-refractivity contribution is 0.0852. The Bertz CT molecular complexity index is 513. The number of hydrogen-bond donors (Lipinski definition) is 3. The van der Waals surface area contributed by atoms with Crippen molar-refractivity contribution in [2.45, 2.75) is 43.7 Å². The number of aromatic amines is 1. The quantitative estimate of drug-likeness (QED) is 0.736. The van der Waals surface area contributed by atoms with Gasteiger partial charge in [0.15, 0.2) is 0 Å². The highest BCUT2D eigenvalue weighted by Gasteiger charge is 2.41. The zero-order valence-corrected chi connectivity index (χ0v) is 10.9. The Hall–Kier alpha value is -1.62. The standard InChI is InChI=1S/C14H19N3O2/c18-12-3-2-10(9-15-12)13(19)17-11-4-7-16-14(8-11)5-1-6-14/h2-3,9,11,16H,1,4-8H2,(H,15,18)(H,17,19). The van der Waals surface area contributed by atoms with Crippen molar-refractivity contribution < 1.29 is 4.79 Å². The molecule has 102 valence electrons. The molecule has 5 heteroatoms. The fourth-order valence-electron chi connectivity index (χ4n) is 3.09. The number of rotatable bonds is 2. The molecule has 1 amide bonds. The topological polar surface area (TPSA) is 74.0 Å². The van der Waals surface area contributed by atoms with E-state index >= 15 is 0 Å². The Morgan fingerprint density at radius 1 is 1.37 bits per heavy atom. The van der Waals surface area contributed by atoms with Crippen LogP contribution in [0.4, 0.5) is 0 Å². The zero-order valence-electron chi connectivity index (χ0n) is 10.9. The molecule has 1 aromatic heterocycles. The summed E-state index contributed by atoms with van der Waals surface area (Å²) < 4.78 is 0. The molecule has 0 aromatic carbocycles. The largest absolute Gasteiger partial charge is 0.349 e. The Kier molecular flexibility index (Phi) is 3.14. The molecule has 1 spiro atoms. The minimum absolute atomic E-state index is 0.0994. The third kappa shape index (κ3) is 2.56. The molecule has 0 bridgehead atoms. The van der Waals surface area contributed by atoms with Crippen LogP contribution in [0.2, 0.25) is 0 Å². The molecule has 19 heavy (non-hydrogen) atoms. The van der Waals surface area contributed by atoms with E-state index in [-0.39, 0.29) is 23.0 Å². The average Bonchev–Trinajstić information content (AvgIpc) is 2.38. The van der Waals surface area contributed by atoms with Gasteiger partial charge in [0.1, 0.15) is 0 Å². The molecule has 1 saturated carbocycles. The molecule has 2 heterocycles. The lowest BCUT2D eigenvalue weighted by Crippen LogP contribution is -2.59. The van der Waals surface area contributed by atoms with Crippen LogP contribution in [0.3, 0.4) is 0 Å². The predicted molar refractivity (Wildman–Crippen MR) is 72.1 cm³/mol. The maximum absolute atomic E-state index is 12.1. The van der Waals surface area contributed by atoms with E-state index in [1.807, 2.05) is 0 Å². The van der Waals surface area contributed by atoms with Crippen molar-refractivity contribution in [3.8, 4) is 0 Å². The monoisotopic (exact) mass is 261 g/mol. The Morgan fingerprint density at radius 3 is 2.84 bits per heavy atom. The molecule has 3 rings (SSSR count). The highest BCUT2D eigenvalue weighted by atomic mass is 16.2. The number of carbonyl (C=O) groups excluding carboxylic acids is 1. The van der Waals surface area contributed by atoms with Crippen LogP contribution >= 0.6 is 0 Å². The molecule has 1 aliphatic carbocycles.